The van der Waals surface area contributed by atoms with E-state index in [1.165, 1.54) is 12.3 Å². The summed E-state index contributed by atoms with van der Waals surface area (Å²) in [5.41, 5.74) is 12.9. The van der Waals surface area contributed by atoms with Crippen molar-refractivity contribution in [2.75, 3.05) is 16.8 Å². The van der Waals surface area contributed by atoms with Gasteiger partial charge in [0.25, 0.3) is 5.91 Å². The lowest BCUT2D eigenvalue weighted by Crippen LogP contribution is -2.12. The molecule has 1 aromatic carbocycles. The van der Waals surface area contributed by atoms with Gasteiger partial charge in [-0.3, -0.25) is 10.1 Å². The molecule has 0 aliphatic heterocycles. The number of rotatable bonds is 2. The average molecular weight is 241 g/mol. The van der Waals surface area contributed by atoms with Crippen molar-refractivity contribution in [3.8, 4) is 12.3 Å². The summed E-state index contributed by atoms with van der Waals surface area (Å²) in [7, 11) is 0. The first-order valence-corrected chi connectivity index (χ1v) is 5.11. The highest BCUT2D eigenvalue weighted by Gasteiger charge is 2.09. The summed E-state index contributed by atoms with van der Waals surface area (Å²) in [4.78, 5) is 11.9. The van der Waals surface area contributed by atoms with Gasteiger partial charge in [-0.1, -0.05) is 5.92 Å². The van der Waals surface area contributed by atoms with Crippen LogP contribution in [0.3, 0.4) is 0 Å². The summed E-state index contributed by atoms with van der Waals surface area (Å²) in [6.07, 6.45) is 6.57. The summed E-state index contributed by atoms with van der Waals surface area (Å²) in [5, 5.41) is 2.56. The van der Waals surface area contributed by atoms with Crippen molar-refractivity contribution >= 4 is 23.2 Å². The number of hydrogen-bond donors (Lipinski definition) is 3. The van der Waals surface area contributed by atoms with E-state index in [1.807, 2.05) is 0 Å². The van der Waals surface area contributed by atoms with Crippen LogP contribution in [-0.2, 0) is 0 Å². The van der Waals surface area contributed by atoms with Gasteiger partial charge < -0.3 is 15.9 Å². The van der Waals surface area contributed by atoms with Crippen molar-refractivity contribution in [3.05, 3.63) is 41.7 Å². The van der Waals surface area contributed by atoms with Crippen LogP contribution < -0.4 is 16.8 Å². The summed E-state index contributed by atoms with van der Waals surface area (Å²) in [6, 6.07) is 6.19. The van der Waals surface area contributed by atoms with Crippen LogP contribution in [0.15, 0.2) is 34.9 Å². The molecule has 90 valence electrons. The molecule has 2 aromatic rings. The number of carbonyl (C=O) groups excluding carboxylic acids is 1. The Morgan fingerprint density at radius 2 is 2.06 bits per heavy atom. The van der Waals surface area contributed by atoms with Gasteiger partial charge in [-0.05, 0) is 18.2 Å². The van der Waals surface area contributed by atoms with Crippen LogP contribution in [0.25, 0.3) is 0 Å². The molecule has 0 unspecified atom stereocenters. The summed E-state index contributed by atoms with van der Waals surface area (Å²) in [6.45, 7) is 0. The number of carbonyl (C=O) groups is 1. The Bertz CT molecular complexity index is 638. The lowest BCUT2D eigenvalue weighted by Gasteiger charge is -2.04. The molecule has 5 nitrogen and oxygen atoms in total. The van der Waals surface area contributed by atoms with Gasteiger partial charge in [-0.25, -0.2) is 0 Å². The Labute approximate surface area is 104 Å². The Morgan fingerprint density at radius 1 is 1.28 bits per heavy atom. The van der Waals surface area contributed by atoms with E-state index >= 15 is 0 Å². The number of furan rings is 1. The normalized spacial score (nSPS) is 9.72. The van der Waals surface area contributed by atoms with Crippen molar-refractivity contribution < 1.29 is 9.21 Å². The lowest BCUT2D eigenvalue weighted by atomic mass is 10.1. The number of amides is 1. The van der Waals surface area contributed by atoms with Crippen LogP contribution in [0.4, 0.5) is 17.3 Å². The number of anilines is 3. The number of nitrogens with two attached hydrogens (primary N) is 2. The van der Waals surface area contributed by atoms with E-state index in [0.29, 0.717) is 22.5 Å². The predicted molar refractivity (Wildman–Crippen MR) is 69.9 cm³/mol. The second-order valence-electron chi connectivity index (χ2n) is 3.64. The number of nitrogens with one attached hydrogen (secondary N) is 1. The number of terminal acetylenes is 1. The number of benzene rings is 1. The third-order valence-corrected chi connectivity index (χ3v) is 2.35. The minimum atomic E-state index is -0.348. The van der Waals surface area contributed by atoms with Gasteiger partial charge in [-0.2, -0.15) is 0 Å². The molecule has 5 heteroatoms. The monoisotopic (exact) mass is 241 g/mol. The van der Waals surface area contributed by atoms with Crippen LogP contribution in [-0.4, -0.2) is 5.91 Å². The fourth-order valence-corrected chi connectivity index (χ4v) is 1.38. The second-order valence-corrected chi connectivity index (χ2v) is 3.64. The summed E-state index contributed by atoms with van der Waals surface area (Å²) >= 11 is 0. The largest absolute Gasteiger partial charge is 0.447 e. The third-order valence-electron chi connectivity index (χ3n) is 2.35. The molecule has 0 aliphatic rings. The molecule has 1 heterocycles. The van der Waals surface area contributed by atoms with Crippen LogP contribution in [0, 0.1) is 12.3 Å². The van der Waals surface area contributed by atoms with E-state index in [4.69, 9.17) is 22.3 Å². The zero-order chi connectivity index (χ0) is 13.1. The highest BCUT2D eigenvalue weighted by atomic mass is 16.3. The SMILES string of the molecule is C#Cc1coc(NC(=O)c2ccc(N)c(N)c2)c1. The minimum absolute atomic E-state index is 0.281. The second kappa shape index (κ2) is 4.55. The lowest BCUT2D eigenvalue weighted by molar-refractivity contribution is 0.102. The Hall–Kier alpha value is -2.87. The minimum Gasteiger partial charge on any atom is -0.447 e. The maximum Gasteiger partial charge on any atom is 0.258 e. The van der Waals surface area contributed by atoms with E-state index in [0.717, 1.165) is 0 Å². The van der Waals surface area contributed by atoms with E-state index in [9.17, 15) is 4.79 Å². The topological polar surface area (TPSA) is 94.3 Å². The molecular weight excluding hydrogens is 230 g/mol. The van der Waals surface area contributed by atoms with Gasteiger partial charge in [0.1, 0.15) is 6.26 Å². The van der Waals surface area contributed by atoms with Crippen LogP contribution >= 0.6 is 0 Å². The molecule has 1 aromatic heterocycles. The third kappa shape index (κ3) is 2.28. The quantitative estimate of drug-likeness (QED) is 0.550. The zero-order valence-electron chi connectivity index (χ0n) is 9.44. The molecule has 18 heavy (non-hydrogen) atoms. The van der Waals surface area contributed by atoms with E-state index < -0.39 is 0 Å². The smallest absolute Gasteiger partial charge is 0.258 e. The van der Waals surface area contributed by atoms with Gasteiger partial charge in [0, 0.05) is 11.6 Å². The van der Waals surface area contributed by atoms with Gasteiger partial charge in [0.15, 0.2) is 0 Å². The summed E-state index contributed by atoms with van der Waals surface area (Å²) < 4.78 is 5.07. The highest BCUT2D eigenvalue weighted by Crippen LogP contribution is 2.18. The Balaban J connectivity index is 2.17. The van der Waals surface area contributed by atoms with Crippen LogP contribution in [0.5, 0.6) is 0 Å². The molecule has 1 amide bonds. The van der Waals surface area contributed by atoms with Crippen molar-refractivity contribution in [3.63, 3.8) is 0 Å². The maximum atomic E-state index is 11.9. The Kier molecular flexibility index (Phi) is 2.94. The molecule has 0 bridgehead atoms. The van der Waals surface area contributed by atoms with Gasteiger partial charge >= 0.3 is 0 Å². The van der Waals surface area contributed by atoms with Crippen molar-refractivity contribution in [1.29, 1.82) is 0 Å². The zero-order valence-corrected chi connectivity index (χ0v) is 9.44. The van der Waals surface area contributed by atoms with Gasteiger partial charge in [0.2, 0.25) is 5.88 Å². The van der Waals surface area contributed by atoms with Crippen LogP contribution in [0.1, 0.15) is 15.9 Å². The molecule has 2 rings (SSSR count). The van der Waals surface area contributed by atoms with E-state index in [1.54, 1.807) is 18.2 Å². The average Bonchev–Trinajstić information content (AvgIpc) is 2.80. The predicted octanol–water partition coefficient (Wildman–Crippen LogP) is 1.68. The fourth-order valence-electron chi connectivity index (χ4n) is 1.38. The fraction of sp³-hybridized carbons (Fsp3) is 0. The van der Waals surface area contributed by atoms with E-state index in [2.05, 4.69) is 11.2 Å². The first-order valence-electron chi connectivity index (χ1n) is 5.11. The molecule has 0 saturated heterocycles. The standard InChI is InChI=1S/C13H11N3O2/c1-2-8-5-12(18-7-8)16-13(17)9-3-4-10(14)11(15)6-9/h1,3-7H,14-15H2,(H,16,17). The molecular formula is C13H11N3O2. The molecule has 0 saturated carbocycles. The molecule has 5 N–H and O–H groups in total. The highest BCUT2D eigenvalue weighted by molar-refractivity contribution is 6.04. The van der Waals surface area contributed by atoms with E-state index in [-0.39, 0.29) is 11.8 Å². The Morgan fingerprint density at radius 3 is 2.67 bits per heavy atom. The number of nitrogen functional groups attached to an aromatic ring is 2. The van der Waals surface area contributed by atoms with Crippen molar-refractivity contribution in [1.82, 2.24) is 0 Å². The summed E-state index contributed by atoms with van der Waals surface area (Å²) in [5.74, 6) is 2.33. The molecule has 0 spiro atoms. The maximum absolute atomic E-state index is 11.9. The first kappa shape index (κ1) is 11.6. The van der Waals surface area contributed by atoms with Gasteiger partial charge in [0.05, 0.1) is 16.9 Å². The van der Waals surface area contributed by atoms with Crippen molar-refractivity contribution in [2.45, 2.75) is 0 Å². The first-order chi connectivity index (χ1) is 8.60. The molecule has 0 radical (unpaired) electrons. The molecule has 0 aliphatic carbocycles. The van der Waals surface area contributed by atoms with Crippen LogP contribution in [0.2, 0.25) is 0 Å². The molecule has 0 atom stereocenters. The molecule has 0 fully saturated rings. The van der Waals surface area contributed by atoms with Crippen molar-refractivity contribution in [2.24, 2.45) is 0 Å². The van der Waals surface area contributed by atoms with Gasteiger partial charge in [-0.15, -0.1) is 6.42 Å². The number of hydrogen-bond acceptors (Lipinski definition) is 4.